The standard InChI is InChI=1S/C14H14F3N3/c15-14(16,17)12-8-4-3-7-11(12)13-18-9-19-20(13)10-5-1-2-6-10/h3-4,7-10H,1-2,5-6H2. The zero-order valence-electron chi connectivity index (χ0n) is 10.8. The van der Waals surface area contributed by atoms with Gasteiger partial charge in [-0.05, 0) is 18.9 Å². The van der Waals surface area contributed by atoms with Crippen molar-refractivity contribution in [3.8, 4) is 11.4 Å². The highest BCUT2D eigenvalue weighted by atomic mass is 19.4. The Bertz CT molecular complexity index is 598. The molecule has 6 heteroatoms. The highest BCUT2D eigenvalue weighted by molar-refractivity contribution is 5.61. The molecule has 3 nitrogen and oxygen atoms in total. The van der Waals surface area contributed by atoms with Gasteiger partial charge < -0.3 is 0 Å². The van der Waals surface area contributed by atoms with Crippen LogP contribution in [-0.4, -0.2) is 14.8 Å². The minimum Gasteiger partial charge on any atom is -0.243 e. The molecule has 0 spiro atoms. The van der Waals surface area contributed by atoms with E-state index in [-0.39, 0.29) is 11.6 Å². The predicted octanol–water partition coefficient (Wildman–Crippen LogP) is 4.08. The van der Waals surface area contributed by atoms with Crippen molar-refractivity contribution >= 4 is 0 Å². The molecule has 2 aromatic rings. The van der Waals surface area contributed by atoms with Crippen LogP contribution in [0.15, 0.2) is 30.6 Å². The molecule has 0 aliphatic heterocycles. The number of nitrogens with zero attached hydrogens (tertiary/aromatic N) is 3. The third-order valence-electron chi connectivity index (χ3n) is 3.72. The fraction of sp³-hybridized carbons (Fsp3) is 0.429. The van der Waals surface area contributed by atoms with Crippen LogP contribution in [0.4, 0.5) is 13.2 Å². The Labute approximate surface area is 114 Å². The summed E-state index contributed by atoms with van der Waals surface area (Å²) in [5, 5.41) is 4.14. The second kappa shape index (κ2) is 4.92. The number of aromatic nitrogens is 3. The van der Waals surface area contributed by atoms with Gasteiger partial charge in [0.25, 0.3) is 0 Å². The van der Waals surface area contributed by atoms with Crippen molar-refractivity contribution in [1.82, 2.24) is 14.8 Å². The molecule has 1 fully saturated rings. The highest BCUT2D eigenvalue weighted by Gasteiger charge is 2.35. The Balaban J connectivity index is 2.08. The third-order valence-corrected chi connectivity index (χ3v) is 3.72. The van der Waals surface area contributed by atoms with E-state index in [4.69, 9.17) is 0 Å². The van der Waals surface area contributed by atoms with Crippen LogP contribution < -0.4 is 0 Å². The van der Waals surface area contributed by atoms with Gasteiger partial charge in [-0.2, -0.15) is 18.3 Å². The van der Waals surface area contributed by atoms with Crippen molar-refractivity contribution < 1.29 is 13.2 Å². The van der Waals surface area contributed by atoms with Crippen molar-refractivity contribution in [2.75, 3.05) is 0 Å². The number of halogens is 3. The predicted molar refractivity (Wildman–Crippen MR) is 68.0 cm³/mol. The van der Waals surface area contributed by atoms with Gasteiger partial charge in [0, 0.05) is 5.56 Å². The van der Waals surface area contributed by atoms with Gasteiger partial charge in [-0.15, -0.1) is 0 Å². The van der Waals surface area contributed by atoms with Crippen LogP contribution in [0.5, 0.6) is 0 Å². The van der Waals surface area contributed by atoms with Crippen LogP contribution in [0.25, 0.3) is 11.4 Å². The zero-order chi connectivity index (χ0) is 14.2. The van der Waals surface area contributed by atoms with Crippen LogP contribution in [-0.2, 0) is 6.18 Å². The second-order valence-corrected chi connectivity index (χ2v) is 5.01. The number of hydrogen-bond acceptors (Lipinski definition) is 2. The van der Waals surface area contributed by atoms with Crippen LogP contribution in [0.3, 0.4) is 0 Å². The third kappa shape index (κ3) is 2.30. The van der Waals surface area contributed by atoms with E-state index < -0.39 is 11.7 Å². The van der Waals surface area contributed by atoms with Gasteiger partial charge in [-0.1, -0.05) is 31.0 Å². The number of alkyl halides is 3. The first-order valence-electron chi connectivity index (χ1n) is 6.63. The first-order chi connectivity index (χ1) is 9.57. The van der Waals surface area contributed by atoms with Gasteiger partial charge in [0.2, 0.25) is 0 Å². The summed E-state index contributed by atoms with van der Waals surface area (Å²) in [4.78, 5) is 4.06. The van der Waals surface area contributed by atoms with E-state index in [1.165, 1.54) is 18.5 Å². The molecule has 1 aromatic heterocycles. The summed E-state index contributed by atoms with van der Waals surface area (Å²) in [7, 11) is 0. The average molecular weight is 281 g/mol. The summed E-state index contributed by atoms with van der Waals surface area (Å²) in [6.07, 6.45) is 1.02. The van der Waals surface area contributed by atoms with E-state index in [0.29, 0.717) is 5.82 Å². The summed E-state index contributed by atoms with van der Waals surface area (Å²) in [5.74, 6) is 0.310. The molecule has 1 saturated carbocycles. The van der Waals surface area contributed by atoms with E-state index in [1.807, 2.05) is 0 Å². The van der Waals surface area contributed by atoms with Gasteiger partial charge in [-0.25, -0.2) is 9.67 Å². The van der Waals surface area contributed by atoms with Crippen LogP contribution in [0.1, 0.15) is 37.3 Å². The Morgan fingerprint density at radius 1 is 1.10 bits per heavy atom. The maximum Gasteiger partial charge on any atom is 0.417 e. The van der Waals surface area contributed by atoms with Gasteiger partial charge in [0.05, 0.1) is 11.6 Å². The normalized spacial score (nSPS) is 16.8. The Morgan fingerprint density at radius 3 is 2.50 bits per heavy atom. The Hall–Kier alpha value is -1.85. The van der Waals surface area contributed by atoms with E-state index in [2.05, 4.69) is 10.1 Å². The van der Waals surface area contributed by atoms with Crippen molar-refractivity contribution in [1.29, 1.82) is 0 Å². The molecule has 106 valence electrons. The topological polar surface area (TPSA) is 30.7 Å². The zero-order valence-corrected chi connectivity index (χ0v) is 10.8. The summed E-state index contributed by atoms with van der Waals surface area (Å²) in [6.45, 7) is 0. The number of benzene rings is 1. The number of rotatable bonds is 2. The van der Waals surface area contributed by atoms with E-state index >= 15 is 0 Å². The lowest BCUT2D eigenvalue weighted by Crippen LogP contribution is -2.12. The van der Waals surface area contributed by atoms with Gasteiger partial charge in [0.15, 0.2) is 5.82 Å². The molecule has 1 aromatic carbocycles. The molecule has 0 N–H and O–H groups in total. The minimum absolute atomic E-state index is 0.101. The van der Waals surface area contributed by atoms with Gasteiger partial charge in [-0.3, -0.25) is 0 Å². The monoisotopic (exact) mass is 281 g/mol. The molecular weight excluding hydrogens is 267 g/mol. The lowest BCUT2D eigenvalue weighted by molar-refractivity contribution is -0.137. The molecule has 1 aliphatic carbocycles. The van der Waals surface area contributed by atoms with E-state index in [0.717, 1.165) is 31.7 Å². The molecular formula is C14H14F3N3. The lowest BCUT2D eigenvalue weighted by Gasteiger charge is -2.16. The largest absolute Gasteiger partial charge is 0.417 e. The minimum atomic E-state index is -4.39. The SMILES string of the molecule is FC(F)(F)c1ccccc1-c1ncnn1C1CCCC1. The van der Waals surface area contributed by atoms with Crippen molar-refractivity contribution in [3.05, 3.63) is 36.2 Å². The maximum absolute atomic E-state index is 13.1. The van der Waals surface area contributed by atoms with Gasteiger partial charge in [0.1, 0.15) is 6.33 Å². The van der Waals surface area contributed by atoms with Crippen molar-refractivity contribution in [3.63, 3.8) is 0 Å². The summed E-state index contributed by atoms with van der Waals surface area (Å²) < 4.78 is 40.9. The van der Waals surface area contributed by atoms with E-state index in [1.54, 1.807) is 10.7 Å². The molecule has 3 rings (SSSR count). The fourth-order valence-electron chi connectivity index (χ4n) is 2.78. The summed E-state index contributed by atoms with van der Waals surface area (Å²) >= 11 is 0. The maximum atomic E-state index is 13.1. The molecule has 0 atom stereocenters. The quantitative estimate of drug-likeness (QED) is 0.830. The highest BCUT2D eigenvalue weighted by Crippen LogP contribution is 2.38. The molecule has 20 heavy (non-hydrogen) atoms. The van der Waals surface area contributed by atoms with Crippen LogP contribution >= 0.6 is 0 Å². The molecule has 0 unspecified atom stereocenters. The molecule has 0 saturated heterocycles. The summed E-state index contributed by atoms with van der Waals surface area (Å²) in [5.41, 5.74) is -0.559. The fourth-order valence-corrected chi connectivity index (χ4v) is 2.78. The lowest BCUT2D eigenvalue weighted by atomic mass is 10.1. The van der Waals surface area contributed by atoms with E-state index in [9.17, 15) is 13.2 Å². The first-order valence-corrected chi connectivity index (χ1v) is 6.63. The van der Waals surface area contributed by atoms with Crippen molar-refractivity contribution in [2.45, 2.75) is 37.9 Å². The molecule has 0 amide bonds. The van der Waals surface area contributed by atoms with Crippen LogP contribution in [0, 0.1) is 0 Å². The molecule has 0 bridgehead atoms. The van der Waals surface area contributed by atoms with Crippen LogP contribution in [0.2, 0.25) is 0 Å². The molecule has 1 aliphatic rings. The Kier molecular flexibility index (Phi) is 3.23. The van der Waals surface area contributed by atoms with Crippen molar-refractivity contribution in [2.24, 2.45) is 0 Å². The molecule has 1 heterocycles. The van der Waals surface area contributed by atoms with Gasteiger partial charge >= 0.3 is 6.18 Å². The number of hydrogen-bond donors (Lipinski definition) is 0. The summed E-state index contributed by atoms with van der Waals surface area (Å²) in [6, 6.07) is 5.69. The smallest absolute Gasteiger partial charge is 0.243 e. The second-order valence-electron chi connectivity index (χ2n) is 5.01. The Morgan fingerprint density at radius 2 is 1.80 bits per heavy atom. The molecule has 0 radical (unpaired) electrons. The first kappa shape index (κ1) is 13.1. The average Bonchev–Trinajstić information content (AvgIpc) is 3.08.